The zero-order valence-corrected chi connectivity index (χ0v) is 20.1. The summed E-state index contributed by atoms with van der Waals surface area (Å²) in [5, 5.41) is 0. The molecule has 1 aliphatic heterocycles. The van der Waals surface area contributed by atoms with E-state index in [0.29, 0.717) is 19.8 Å². The Morgan fingerprint density at radius 1 is 0.906 bits per heavy atom. The Bertz CT molecular complexity index is 628. The fourth-order valence-electron chi connectivity index (χ4n) is 3.58. The van der Waals surface area contributed by atoms with Crippen LogP contribution in [0.3, 0.4) is 0 Å². The van der Waals surface area contributed by atoms with Crippen LogP contribution in [0.25, 0.3) is 0 Å². The Morgan fingerprint density at radius 2 is 1.56 bits per heavy atom. The van der Waals surface area contributed by atoms with Gasteiger partial charge in [-0.2, -0.15) is 0 Å². The molecule has 182 valence electrons. The molecule has 0 amide bonds. The summed E-state index contributed by atoms with van der Waals surface area (Å²) in [5.74, 6) is 1.36. The number of hydrogen-bond donors (Lipinski definition) is 0. The van der Waals surface area contributed by atoms with Gasteiger partial charge in [-0.3, -0.25) is 0 Å². The first-order valence-electron chi connectivity index (χ1n) is 12.4. The lowest BCUT2D eigenvalue weighted by Gasteiger charge is -2.11. The van der Waals surface area contributed by atoms with Gasteiger partial charge in [-0.1, -0.05) is 57.9 Å². The van der Waals surface area contributed by atoms with Crippen LogP contribution in [-0.4, -0.2) is 44.8 Å². The van der Waals surface area contributed by atoms with E-state index < -0.39 is 5.60 Å². The van der Waals surface area contributed by atoms with Crippen molar-refractivity contribution in [2.75, 3.05) is 33.2 Å². The molecule has 1 unspecified atom stereocenters. The van der Waals surface area contributed by atoms with Crippen molar-refractivity contribution < 1.29 is 28.5 Å². The van der Waals surface area contributed by atoms with E-state index >= 15 is 0 Å². The van der Waals surface area contributed by atoms with Crippen LogP contribution in [0, 0.1) is 0 Å². The minimum Gasteiger partial charge on any atom is -0.493 e. The summed E-state index contributed by atoms with van der Waals surface area (Å²) in [6, 6.07) is 7.70. The van der Waals surface area contributed by atoms with Crippen LogP contribution in [0.15, 0.2) is 24.3 Å². The molecule has 0 aromatic heterocycles. The van der Waals surface area contributed by atoms with Crippen LogP contribution in [0.1, 0.15) is 84.5 Å². The second-order valence-electron chi connectivity index (χ2n) is 8.43. The quantitative estimate of drug-likeness (QED) is 0.104. The molecule has 1 aliphatic rings. The lowest BCUT2D eigenvalue weighted by atomic mass is 10.0. The van der Waals surface area contributed by atoms with Crippen LogP contribution in [0.5, 0.6) is 11.5 Å². The molecule has 1 fully saturated rings. The first kappa shape index (κ1) is 26.5. The minimum atomic E-state index is -0.648. The van der Waals surface area contributed by atoms with Crippen molar-refractivity contribution in [3.63, 3.8) is 0 Å². The number of carbonyl (C=O) groups is 1. The van der Waals surface area contributed by atoms with Gasteiger partial charge in [-0.15, -0.1) is 0 Å². The van der Waals surface area contributed by atoms with Gasteiger partial charge in [0.1, 0.15) is 11.5 Å². The van der Waals surface area contributed by atoms with E-state index in [1.54, 1.807) is 0 Å². The smallest absolute Gasteiger partial charge is 0.340 e. The van der Waals surface area contributed by atoms with Gasteiger partial charge in [-0.05, 0) is 44.7 Å². The maximum absolute atomic E-state index is 11.8. The van der Waals surface area contributed by atoms with Crippen LogP contribution in [-0.2, 0) is 19.0 Å². The maximum atomic E-state index is 11.8. The van der Waals surface area contributed by atoms with Crippen LogP contribution in [0.2, 0.25) is 0 Å². The summed E-state index contributed by atoms with van der Waals surface area (Å²) in [5.41, 5.74) is -0.648. The fourth-order valence-corrected chi connectivity index (χ4v) is 3.58. The van der Waals surface area contributed by atoms with Crippen molar-refractivity contribution in [1.29, 1.82) is 0 Å². The van der Waals surface area contributed by atoms with E-state index in [1.807, 2.05) is 31.2 Å². The van der Waals surface area contributed by atoms with Crippen molar-refractivity contribution in [3.05, 3.63) is 24.3 Å². The molecule has 6 heteroatoms. The largest absolute Gasteiger partial charge is 0.493 e. The molecule has 6 nitrogen and oxygen atoms in total. The third-order valence-corrected chi connectivity index (χ3v) is 5.64. The maximum Gasteiger partial charge on any atom is 0.340 e. The van der Waals surface area contributed by atoms with Crippen LogP contribution >= 0.6 is 0 Å². The van der Waals surface area contributed by atoms with E-state index in [-0.39, 0.29) is 12.8 Å². The molecule has 0 spiro atoms. The van der Waals surface area contributed by atoms with E-state index in [2.05, 4.69) is 6.92 Å². The third kappa shape index (κ3) is 10.7. The highest BCUT2D eigenvalue weighted by Gasteiger charge is 2.52. The molecule has 1 atom stereocenters. The summed E-state index contributed by atoms with van der Waals surface area (Å²) in [7, 11) is 0. The first-order valence-corrected chi connectivity index (χ1v) is 12.4. The van der Waals surface area contributed by atoms with E-state index in [0.717, 1.165) is 56.6 Å². The summed E-state index contributed by atoms with van der Waals surface area (Å²) in [4.78, 5) is 11.8. The summed E-state index contributed by atoms with van der Waals surface area (Å²) < 4.78 is 27.5. The highest BCUT2D eigenvalue weighted by molar-refractivity contribution is 5.82. The Labute approximate surface area is 193 Å². The van der Waals surface area contributed by atoms with E-state index in [9.17, 15) is 4.79 Å². The molecule has 2 rings (SSSR count). The number of benzene rings is 1. The predicted molar refractivity (Wildman–Crippen MR) is 125 cm³/mol. The molecule has 1 aromatic carbocycles. The highest BCUT2D eigenvalue weighted by atomic mass is 16.7. The molecular weight excluding hydrogens is 408 g/mol. The van der Waals surface area contributed by atoms with Gasteiger partial charge in [0, 0.05) is 6.07 Å². The Balaban J connectivity index is 1.47. The van der Waals surface area contributed by atoms with Gasteiger partial charge in [0.2, 0.25) is 0 Å². The Hall–Kier alpha value is -1.79. The fraction of sp³-hybridized carbons (Fsp3) is 0.731. The average molecular weight is 451 g/mol. The number of unbranched alkanes of at least 4 members (excludes halogenated alkanes) is 8. The second-order valence-corrected chi connectivity index (χ2v) is 8.43. The normalized spacial score (nSPS) is 17.2. The van der Waals surface area contributed by atoms with Gasteiger partial charge < -0.3 is 23.7 Å². The van der Waals surface area contributed by atoms with Gasteiger partial charge in [0.05, 0.1) is 26.4 Å². The zero-order chi connectivity index (χ0) is 22.9. The number of rotatable bonds is 20. The predicted octanol–water partition coefficient (Wildman–Crippen LogP) is 6.06. The molecule has 1 saturated heterocycles. The number of hydrogen-bond acceptors (Lipinski definition) is 6. The minimum absolute atomic E-state index is 0.210. The number of carbonyl (C=O) groups excluding carboxylic acids is 1. The average Bonchev–Trinajstić information content (AvgIpc) is 3.59. The molecular formula is C26H42O6. The van der Waals surface area contributed by atoms with Gasteiger partial charge in [0.15, 0.2) is 12.4 Å². The summed E-state index contributed by atoms with van der Waals surface area (Å²) >= 11 is 0. The van der Waals surface area contributed by atoms with Crippen molar-refractivity contribution in [1.82, 2.24) is 0 Å². The number of ether oxygens (including phenoxy) is 5. The highest BCUT2D eigenvalue weighted by Crippen LogP contribution is 2.34. The van der Waals surface area contributed by atoms with Gasteiger partial charge in [-0.25, -0.2) is 4.79 Å². The molecule has 0 saturated carbocycles. The molecule has 0 radical (unpaired) electrons. The lowest BCUT2D eigenvalue weighted by molar-refractivity contribution is -0.149. The lowest BCUT2D eigenvalue weighted by Crippen LogP contribution is -2.27. The monoisotopic (exact) mass is 450 g/mol. The first-order chi connectivity index (χ1) is 15.7. The second kappa shape index (κ2) is 15.9. The summed E-state index contributed by atoms with van der Waals surface area (Å²) in [6.07, 6.45) is 12.3. The van der Waals surface area contributed by atoms with Crippen molar-refractivity contribution >= 4 is 5.97 Å². The number of epoxide rings is 1. The third-order valence-electron chi connectivity index (χ3n) is 5.64. The SMILES string of the molecule is CCCCCCCCOCOc1cccc(OCCCCCCC2(C(=O)OCC)CO2)c1. The van der Waals surface area contributed by atoms with Crippen LogP contribution in [0.4, 0.5) is 0 Å². The molecule has 0 bridgehead atoms. The molecule has 32 heavy (non-hydrogen) atoms. The topological polar surface area (TPSA) is 66.5 Å². The molecule has 0 aliphatic carbocycles. The van der Waals surface area contributed by atoms with Crippen LogP contribution < -0.4 is 9.47 Å². The molecule has 1 heterocycles. The van der Waals surface area contributed by atoms with Crippen molar-refractivity contribution in [3.8, 4) is 11.5 Å². The Kier molecular flexibility index (Phi) is 13.2. The zero-order valence-electron chi connectivity index (χ0n) is 20.1. The van der Waals surface area contributed by atoms with E-state index in [1.165, 1.54) is 32.1 Å². The van der Waals surface area contributed by atoms with Gasteiger partial charge in [0.25, 0.3) is 0 Å². The Morgan fingerprint density at radius 3 is 2.28 bits per heavy atom. The van der Waals surface area contributed by atoms with Crippen molar-refractivity contribution in [2.24, 2.45) is 0 Å². The summed E-state index contributed by atoms with van der Waals surface area (Å²) in [6.45, 7) is 6.64. The van der Waals surface area contributed by atoms with E-state index in [4.69, 9.17) is 23.7 Å². The molecule has 0 N–H and O–H groups in total. The van der Waals surface area contributed by atoms with Gasteiger partial charge >= 0.3 is 5.97 Å². The number of esters is 1. The van der Waals surface area contributed by atoms with Crippen molar-refractivity contribution in [2.45, 2.75) is 90.1 Å². The molecule has 1 aromatic rings. The standard InChI is InChI=1S/C26H42O6/c1-3-5-6-7-9-12-18-28-22-31-24-16-14-15-23(20-24)30-19-13-10-8-11-17-26(21-32-26)25(27)29-4-2/h14-16,20H,3-13,17-19,21-22H2,1-2H3.